The van der Waals surface area contributed by atoms with Crippen LogP contribution in [0.25, 0.3) is 0 Å². The van der Waals surface area contributed by atoms with E-state index in [2.05, 4.69) is 0 Å². The van der Waals surface area contributed by atoms with E-state index in [9.17, 15) is 4.79 Å². The maximum Gasteiger partial charge on any atom is 0.303 e. The molecule has 86 valence electrons. The summed E-state index contributed by atoms with van der Waals surface area (Å²) in [5.74, 6) is 0.322. The average Bonchev–Trinajstić information content (AvgIpc) is 2.69. The summed E-state index contributed by atoms with van der Waals surface area (Å²) in [6, 6.07) is 1.80. The molecule has 0 fully saturated rings. The third-order valence-corrected chi connectivity index (χ3v) is 3.02. The van der Waals surface area contributed by atoms with Crippen molar-refractivity contribution in [3.63, 3.8) is 0 Å². The third kappa shape index (κ3) is 1.93. The van der Waals surface area contributed by atoms with E-state index >= 15 is 0 Å². The molecule has 1 aliphatic heterocycles. The minimum atomic E-state index is -0.826. The minimum absolute atomic E-state index is 0.0802. The molecule has 0 aromatic heterocycles. The topological polar surface area (TPSA) is 55.8 Å². The van der Waals surface area contributed by atoms with Crippen LogP contribution >= 0.6 is 11.6 Å². The van der Waals surface area contributed by atoms with Crippen molar-refractivity contribution in [3.05, 3.63) is 22.2 Å². The number of aryl methyl sites for hydroxylation is 1. The van der Waals surface area contributed by atoms with Crippen molar-refractivity contribution in [2.24, 2.45) is 0 Å². The van der Waals surface area contributed by atoms with Gasteiger partial charge < -0.3 is 14.6 Å². The first-order chi connectivity index (χ1) is 7.59. The predicted molar refractivity (Wildman–Crippen MR) is 58.3 cm³/mol. The van der Waals surface area contributed by atoms with Gasteiger partial charge in [-0.25, -0.2) is 0 Å². The monoisotopic (exact) mass is 242 g/mol. The first-order valence-corrected chi connectivity index (χ1v) is 5.26. The number of halogens is 1. The zero-order valence-electron chi connectivity index (χ0n) is 8.75. The Kier molecular flexibility index (Phi) is 2.92. The van der Waals surface area contributed by atoms with E-state index in [0.29, 0.717) is 22.9 Å². The Hall–Kier alpha value is -1.42. The lowest BCUT2D eigenvalue weighted by Gasteiger charge is -2.09. The summed E-state index contributed by atoms with van der Waals surface area (Å²) < 4.78 is 10.4. The number of benzene rings is 1. The van der Waals surface area contributed by atoms with Crippen molar-refractivity contribution in [3.8, 4) is 11.5 Å². The van der Waals surface area contributed by atoms with Crippen LogP contribution in [-0.2, 0) is 11.2 Å². The standard InChI is InChI=1S/C11H11ClO4/c1-6-7(2-3-9(13)14)4-8-11(10(6)12)16-5-15-8/h4H,2-3,5H2,1H3,(H,13,14). The largest absolute Gasteiger partial charge is 0.481 e. The molecule has 16 heavy (non-hydrogen) atoms. The van der Waals surface area contributed by atoms with E-state index in [4.69, 9.17) is 26.2 Å². The number of rotatable bonds is 3. The highest BCUT2D eigenvalue weighted by atomic mass is 35.5. The van der Waals surface area contributed by atoms with Gasteiger partial charge in [0.05, 0.1) is 5.02 Å². The molecule has 0 amide bonds. The summed E-state index contributed by atoms with van der Waals surface area (Å²) in [6.45, 7) is 2.01. The quantitative estimate of drug-likeness (QED) is 0.884. The van der Waals surface area contributed by atoms with E-state index in [1.807, 2.05) is 6.92 Å². The highest BCUT2D eigenvalue weighted by Crippen LogP contribution is 2.42. The molecule has 1 heterocycles. The molecular weight excluding hydrogens is 232 g/mol. The lowest BCUT2D eigenvalue weighted by Crippen LogP contribution is -1.99. The lowest BCUT2D eigenvalue weighted by molar-refractivity contribution is -0.136. The normalized spacial score (nSPS) is 12.9. The number of fused-ring (bicyclic) bond motifs is 1. The van der Waals surface area contributed by atoms with Gasteiger partial charge in [0.2, 0.25) is 6.79 Å². The molecule has 1 aromatic rings. The summed E-state index contributed by atoms with van der Waals surface area (Å²) in [5, 5.41) is 9.15. The van der Waals surface area contributed by atoms with E-state index < -0.39 is 5.97 Å². The second-order valence-electron chi connectivity index (χ2n) is 3.60. The van der Waals surface area contributed by atoms with Crippen LogP contribution in [0.3, 0.4) is 0 Å². The van der Waals surface area contributed by atoms with E-state index in [1.165, 1.54) is 0 Å². The van der Waals surface area contributed by atoms with Crippen molar-refractivity contribution < 1.29 is 19.4 Å². The van der Waals surface area contributed by atoms with Crippen LogP contribution in [0.15, 0.2) is 6.07 Å². The molecule has 2 rings (SSSR count). The van der Waals surface area contributed by atoms with Gasteiger partial charge in [0.15, 0.2) is 11.5 Å². The molecule has 0 saturated heterocycles. The van der Waals surface area contributed by atoms with Crippen LogP contribution in [0, 0.1) is 6.92 Å². The molecule has 0 spiro atoms. The molecule has 4 nitrogen and oxygen atoms in total. The molecule has 5 heteroatoms. The van der Waals surface area contributed by atoms with Crippen LogP contribution in [0.5, 0.6) is 11.5 Å². The van der Waals surface area contributed by atoms with Gasteiger partial charge in [-0.2, -0.15) is 0 Å². The van der Waals surface area contributed by atoms with Crippen LogP contribution < -0.4 is 9.47 Å². The van der Waals surface area contributed by atoms with E-state index in [1.54, 1.807) is 6.07 Å². The molecule has 1 N–H and O–H groups in total. The molecule has 1 aromatic carbocycles. The molecule has 0 radical (unpaired) electrons. The number of carbonyl (C=O) groups is 1. The number of carboxylic acid groups (broad SMARTS) is 1. The van der Waals surface area contributed by atoms with Crippen molar-refractivity contribution in [2.75, 3.05) is 6.79 Å². The third-order valence-electron chi connectivity index (χ3n) is 2.57. The Morgan fingerprint density at radius 2 is 2.31 bits per heavy atom. The highest BCUT2D eigenvalue weighted by Gasteiger charge is 2.21. The Labute approximate surface area is 97.7 Å². The number of aliphatic carboxylic acids is 1. The number of ether oxygens (including phenoxy) is 2. The van der Waals surface area contributed by atoms with Gasteiger partial charge in [0.25, 0.3) is 0 Å². The smallest absolute Gasteiger partial charge is 0.303 e. The van der Waals surface area contributed by atoms with E-state index in [0.717, 1.165) is 11.1 Å². The number of carboxylic acids is 1. The van der Waals surface area contributed by atoms with Crippen LogP contribution in [0.4, 0.5) is 0 Å². The van der Waals surface area contributed by atoms with E-state index in [-0.39, 0.29) is 13.2 Å². The Balaban J connectivity index is 2.32. The summed E-state index contributed by atoms with van der Waals surface area (Å²) in [5.41, 5.74) is 1.74. The van der Waals surface area contributed by atoms with Crippen LogP contribution in [0.1, 0.15) is 17.5 Å². The van der Waals surface area contributed by atoms with Gasteiger partial charge in [-0.05, 0) is 30.5 Å². The zero-order valence-corrected chi connectivity index (χ0v) is 9.50. The lowest BCUT2D eigenvalue weighted by atomic mass is 10.0. The van der Waals surface area contributed by atoms with Gasteiger partial charge in [-0.1, -0.05) is 11.6 Å². The maximum atomic E-state index is 10.5. The number of hydrogen-bond donors (Lipinski definition) is 1. The van der Waals surface area contributed by atoms with Gasteiger partial charge >= 0.3 is 5.97 Å². The SMILES string of the molecule is Cc1c(CCC(=O)O)cc2c(c1Cl)OCO2. The van der Waals surface area contributed by atoms with Crippen molar-refractivity contribution in [2.45, 2.75) is 19.8 Å². The minimum Gasteiger partial charge on any atom is -0.481 e. The van der Waals surface area contributed by atoms with Crippen LogP contribution in [-0.4, -0.2) is 17.9 Å². The fourth-order valence-electron chi connectivity index (χ4n) is 1.65. The average molecular weight is 243 g/mol. The van der Waals surface area contributed by atoms with Gasteiger partial charge in [0.1, 0.15) is 0 Å². The molecule has 1 aliphatic rings. The Bertz CT molecular complexity index is 442. The first-order valence-electron chi connectivity index (χ1n) is 4.89. The fraction of sp³-hybridized carbons (Fsp3) is 0.364. The molecule has 0 aliphatic carbocycles. The maximum absolute atomic E-state index is 10.5. The fourth-order valence-corrected chi connectivity index (χ4v) is 1.92. The zero-order chi connectivity index (χ0) is 11.7. The predicted octanol–water partition coefficient (Wildman–Crippen LogP) is 2.39. The summed E-state index contributed by atoms with van der Waals surface area (Å²) in [6.07, 6.45) is 0.522. The molecule has 0 bridgehead atoms. The molecular formula is C11H11ClO4. The van der Waals surface area contributed by atoms with Gasteiger partial charge in [0, 0.05) is 6.42 Å². The van der Waals surface area contributed by atoms with Crippen LogP contribution in [0.2, 0.25) is 5.02 Å². The van der Waals surface area contributed by atoms with Crippen molar-refractivity contribution in [1.82, 2.24) is 0 Å². The van der Waals surface area contributed by atoms with Gasteiger partial charge in [-0.3, -0.25) is 4.79 Å². The molecule has 0 atom stereocenters. The van der Waals surface area contributed by atoms with Crippen molar-refractivity contribution >= 4 is 17.6 Å². The second-order valence-corrected chi connectivity index (χ2v) is 3.98. The Morgan fingerprint density at radius 3 is 3.00 bits per heavy atom. The van der Waals surface area contributed by atoms with Gasteiger partial charge in [-0.15, -0.1) is 0 Å². The first kappa shape index (κ1) is 11.1. The molecule has 0 unspecified atom stereocenters. The summed E-state index contributed by atoms with van der Waals surface area (Å²) in [7, 11) is 0. The summed E-state index contributed by atoms with van der Waals surface area (Å²) in [4.78, 5) is 10.5. The summed E-state index contributed by atoms with van der Waals surface area (Å²) >= 11 is 6.11. The highest BCUT2D eigenvalue weighted by molar-refractivity contribution is 6.33. The Morgan fingerprint density at radius 1 is 1.56 bits per heavy atom. The second kappa shape index (κ2) is 4.22. The number of hydrogen-bond acceptors (Lipinski definition) is 3. The molecule has 0 saturated carbocycles. The van der Waals surface area contributed by atoms with Crippen molar-refractivity contribution in [1.29, 1.82) is 0 Å².